The minimum absolute atomic E-state index is 0.0497. The molecule has 0 bridgehead atoms. The topological polar surface area (TPSA) is 163 Å². The van der Waals surface area contributed by atoms with Crippen molar-refractivity contribution in [3.63, 3.8) is 0 Å². The number of aromatic nitrogens is 4. The average molecular weight is 520 g/mol. The third-order valence-corrected chi connectivity index (χ3v) is 6.99. The minimum Gasteiger partial charge on any atom is -0.388 e. The molecule has 35 heavy (non-hydrogen) atoms. The van der Waals surface area contributed by atoms with Crippen LogP contribution in [0, 0.1) is 0 Å². The first-order valence-electron chi connectivity index (χ1n) is 10.9. The summed E-state index contributed by atoms with van der Waals surface area (Å²) in [6.45, 7) is 0.450. The van der Waals surface area contributed by atoms with E-state index in [9.17, 15) is 14.8 Å². The van der Waals surface area contributed by atoms with E-state index in [4.69, 9.17) is 26.1 Å². The summed E-state index contributed by atoms with van der Waals surface area (Å²) in [5.74, 6) is 0.387. The highest BCUT2D eigenvalue weighted by Gasteiger charge is 2.44. The van der Waals surface area contributed by atoms with E-state index in [1.807, 2.05) is 36.4 Å². The van der Waals surface area contributed by atoms with Crippen LogP contribution in [0.1, 0.15) is 18.2 Å². The number of hydrogen-bond acceptors (Lipinski definition) is 8. The Morgan fingerprint density at radius 3 is 2.63 bits per heavy atom. The van der Waals surface area contributed by atoms with Gasteiger partial charge in [0.15, 0.2) is 23.2 Å². The molecule has 11 nitrogen and oxygen atoms in total. The number of hydrogen-bond donors (Lipinski definition) is 5. The van der Waals surface area contributed by atoms with Crippen LogP contribution in [0.2, 0.25) is 5.28 Å². The predicted octanol–water partition coefficient (Wildman–Crippen LogP) is 2.43. The molecule has 0 radical (unpaired) electrons. The highest BCUT2D eigenvalue weighted by atomic mass is 35.5. The molecular weight excluding hydrogens is 497 g/mol. The van der Waals surface area contributed by atoms with E-state index >= 15 is 0 Å². The molecule has 5 rings (SSSR count). The van der Waals surface area contributed by atoms with Gasteiger partial charge in [0.05, 0.1) is 18.6 Å². The van der Waals surface area contributed by atoms with Crippen LogP contribution < -0.4 is 5.32 Å². The Morgan fingerprint density at radius 1 is 1.09 bits per heavy atom. The van der Waals surface area contributed by atoms with Gasteiger partial charge in [0.25, 0.3) is 0 Å². The Hall–Kier alpha value is -2.63. The van der Waals surface area contributed by atoms with E-state index in [-0.39, 0.29) is 17.4 Å². The number of fused-ring (bicyclic) bond motifs is 2. The number of benzene rings is 2. The zero-order valence-electron chi connectivity index (χ0n) is 18.3. The standard InChI is InChI=1S/C22H23ClN5O6P/c23-22-26-19(24-10-12-5-6-13-3-1-2-4-14(13)9-12)16-20(27-22)28(11-25-16)21-18(30)17(29)15(34-21)7-8-35(31,32)33/h1-6,9,11,15,17-18,21,29-30H,7-8,10H2,(H,24,26,27)(H2,31,32,33)/t15-,17?,18+,21-/m1/s1. The molecular formula is C22H23ClN5O6P. The highest BCUT2D eigenvalue weighted by molar-refractivity contribution is 7.51. The van der Waals surface area contributed by atoms with E-state index < -0.39 is 38.3 Å². The second kappa shape index (κ2) is 9.44. The maximum absolute atomic E-state index is 11.2. The van der Waals surface area contributed by atoms with E-state index in [0.717, 1.165) is 16.3 Å². The first kappa shape index (κ1) is 24.1. The maximum Gasteiger partial charge on any atom is 0.325 e. The summed E-state index contributed by atoms with van der Waals surface area (Å²) >= 11 is 6.17. The number of anilines is 1. The van der Waals surface area contributed by atoms with Crippen molar-refractivity contribution in [3.8, 4) is 0 Å². The van der Waals surface area contributed by atoms with Crippen LogP contribution in [0.3, 0.4) is 0 Å². The third kappa shape index (κ3) is 5.03. The molecule has 13 heteroatoms. The number of aliphatic hydroxyl groups excluding tert-OH is 2. The fraction of sp³-hybridized carbons (Fsp3) is 0.318. The summed E-state index contributed by atoms with van der Waals surface area (Å²) in [6.07, 6.45) is -3.96. The fourth-order valence-electron chi connectivity index (χ4n) is 4.23. The van der Waals surface area contributed by atoms with Crippen molar-refractivity contribution in [1.29, 1.82) is 0 Å². The summed E-state index contributed by atoms with van der Waals surface area (Å²) in [5, 5.41) is 26.3. The van der Waals surface area contributed by atoms with Crippen molar-refractivity contribution in [2.45, 2.75) is 37.5 Å². The molecule has 1 saturated heterocycles. The van der Waals surface area contributed by atoms with Gasteiger partial charge < -0.3 is 30.1 Å². The van der Waals surface area contributed by atoms with Crippen LogP contribution in [-0.2, 0) is 15.8 Å². The first-order chi connectivity index (χ1) is 16.7. The SMILES string of the molecule is O=P(O)(O)CC[C@H]1O[C@@H](n2cnc3c(NCc4ccc5ccccc5c4)nc(Cl)nc32)[C@@H](O)C1O. The lowest BCUT2D eigenvalue weighted by Gasteiger charge is -2.17. The van der Waals surface area contributed by atoms with E-state index in [1.54, 1.807) is 0 Å². The molecule has 184 valence electrons. The van der Waals surface area contributed by atoms with Gasteiger partial charge in [-0.15, -0.1) is 0 Å². The number of aliphatic hydroxyl groups is 2. The van der Waals surface area contributed by atoms with E-state index in [0.29, 0.717) is 17.9 Å². The minimum atomic E-state index is -4.28. The molecule has 0 amide bonds. The van der Waals surface area contributed by atoms with E-state index in [1.165, 1.54) is 10.9 Å². The van der Waals surface area contributed by atoms with Gasteiger partial charge in [-0.1, -0.05) is 36.4 Å². The van der Waals surface area contributed by atoms with Crippen molar-refractivity contribution in [1.82, 2.24) is 19.5 Å². The normalized spacial score (nSPS) is 22.8. The Kier molecular flexibility index (Phi) is 6.49. The molecule has 2 aromatic carbocycles. The Labute approximate surface area is 204 Å². The monoisotopic (exact) mass is 519 g/mol. The number of nitrogens with one attached hydrogen (secondary N) is 1. The van der Waals surface area contributed by atoms with Crippen molar-refractivity contribution in [2.24, 2.45) is 0 Å². The predicted molar refractivity (Wildman–Crippen MR) is 129 cm³/mol. The number of imidazole rings is 1. The summed E-state index contributed by atoms with van der Waals surface area (Å²) in [4.78, 5) is 31.1. The fourth-order valence-corrected chi connectivity index (χ4v) is 4.98. The highest BCUT2D eigenvalue weighted by Crippen LogP contribution is 2.39. The van der Waals surface area contributed by atoms with Gasteiger partial charge in [0, 0.05) is 6.54 Å². The Bertz CT molecular complexity index is 1430. The number of nitrogens with zero attached hydrogens (tertiary/aromatic N) is 4. The van der Waals surface area contributed by atoms with Crippen LogP contribution in [-0.4, -0.2) is 64.0 Å². The molecule has 1 aliphatic heterocycles. The molecule has 1 fully saturated rings. The summed E-state index contributed by atoms with van der Waals surface area (Å²) in [5.41, 5.74) is 1.69. The van der Waals surface area contributed by atoms with Gasteiger partial charge in [-0.05, 0) is 40.4 Å². The number of ether oxygens (including phenoxy) is 1. The van der Waals surface area contributed by atoms with Gasteiger partial charge in [-0.2, -0.15) is 9.97 Å². The molecule has 3 heterocycles. The van der Waals surface area contributed by atoms with Crippen molar-refractivity contribution in [3.05, 3.63) is 59.6 Å². The Morgan fingerprint density at radius 2 is 1.86 bits per heavy atom. The largest absolute Gasteiger partial charge is 0.388 e. The molecule has 0 saturated carbocycles. The van der Waals surface area contributed by atoms with Crippen LogP contribution >= 0.6 is 19.2 Å². The lowest BCUT2D eigenvalue weighted by atomic mass is 10.1. The quantitative estimate of drug-likeness (QED) is 0.181. The van der Waals surface area contributed by atoms with E-state index in [2.05, 4.69) is 26.3 Å². The molecule has 4 atom stereocenters. The van der Waals surface area contributed by atoms with Crippen LogP contribution in [0.15, 0.2) is 48.8 Å². The first-order valence-corrected chi connectivity index (χ1v) is 13.0. The van der Waals surface area contributed by atoms with Crippen molar-refractivity contribution < 1.29 is 29.3 Å². The molecule has 1 aliphatic rings. The smallest absolute Gasteiger partial charge is 0.325 e. The lowest BCUT2D eigenvalue weighted by molar-refractivity contribution is -0.0355. The van der Waals surface area contributed by atoms with Crippen LogP contribution in [0.5, 0.6) is 0 Å². The second-order valence-electron chi connectivity index (χ2n) is 8.42. The van der Waals surface area contributed by atoms with Gasteiger partial charge in [0.2, 0.25) is 5.28 Å². The van der Waals surface area contributed by atoms with Crippen molar-refractivity contribution in [2.75, 3.05) is 11.5 Å². The maximum atomic E-state index is 11.2. The zero-order valence-corrected chi connectivity index (χ0v) is 19.9. The van der Waals surface area contributed by atoms with Crippen LogP contribution in [0.4, 0.5) is 5.82 Å². The third-order valence-electron chi connectivity index (χ3n) is 5.98. The molecule has 4 aromatic rings. The molecule has 0 aliphatic carbocycles. The molecule has 2 aromatic heterocycles. The second-order valence-corrected chi connectivity index (χ2v) is 10.5. The molecule has 1 unspecified atom stereocenters. The number of rotatable bonds is 7. The van der Waals surface area contributed by atoms with Gasteiger partial charge >= 0.3 is 7.60 Å². The van der Waals surface area contributed by atoms with Crippen molar-refractivity contribution >= 4 is 47.0 Å². The summed E-state index contributed by atoms with van der Waals surface area (Å²) in [7, 11) is -4.28. The number of halogens is 1. The van der Waals surface area contributed by atoms with Gasteiger partial charge in [-0.3, -0.25) is 9.13 Å². The summed E-state index contributed by atoms with van der Waals surface area (Å²) in [6, 6.07) is 14.2. The average Bonchev–Trinajstić information content (AvgIpc) is 3.36. The van der Waals surface area contributed by atoms with Gasteiger partial charge in [-0.25, -0.2) is 4.98 Å². The Balaban J connectivity index is 1.39. The van der Waals surface area contributed by atoms with Crippen LogP contribution in [0.25, 0.3) is 21.9 Å². The summed E-state index contributed by atoms with van der Waals surface area (Å²) < 4.78 is 18.4. The zero-order chi connectivity index (χ0) is 24.7. The van der Waals surface area contributed by atoms with Gasteiger partial charge in [0.1, 0.15) is 12.2 Å². The molecule has 5 N–H and O–H groups in total. The lowest BCUT2D eigenvalue weighted by Crippen LogP contribution is -2.31. The molecule has 0 spiro atoms.